The highest BCUT2D eigenvalue weighted by Crippen LogP contribution is 2.42. The Morgan fingerprint density at radius 2 is 1.86 bits per heavy atom. The fraction of sp³-hybridized carbons (Fsp3) is 0.562. The van der Waals surface area contributed by atoms with Crippen LogP contribution in [0.1, 0.15) is 32.1 Å². The number of nitrogens with zero attached hydrogens (tertiary/aromatic N) is 1. The van der Waals surface area contributed by atoms with E-state index in [-0.39, 0.29) is 16.8 Å². The number of carbonyl (C=O) groups is 1. The molecule has 1 aliphatic heterocycles. The van der Waals surface area contributed by atoms with Crippen molar-refractivity contribution in [3.8, 4) is 0 Å². The third kappa shape index (κ3) is 2.54. The molecule has 22 heavy (non-hydrogen) atoms. The molecule has 1 aliphatic carbocycles. The van der Waals surface area contributed by atoms with E-state index in [0.717, 1.165) is 25.7 Å². The Balaban J connectivity index is 2.02. The van der Waals surface area contributed by atoms with Gasteiger partial charge in [0.05, 0.1) is 4.90 Å². The quantitative estimate of drug-likeness (QED) is 0.922. The molecular weight excluding hydrogens is 300 g/mol. The van der Waals surface area contributed by atoms with Crippen LogP contribution in [0.2, 0.25) is 0 Å². The number of nitrogens with one attached hydrogen (secondary N) is 1. The molecule has 3 unspecified atom stereocenters. The van der Waals surface area contributed by atoms with Crippen molar-refractivity contribution in [1.82, 2.24) is 9.62 Å². The molecule has 0 aromatic heterocycles. The fourth-order valence-electron chi connectivity index (χ4n) is 3.87. The molecule has 2 fully saturated rings. The van der Waals surface area contributed by atoms with Gasteiger partial charge in [-0.1, -0.05) is 31.0 Å². The number of amides is 1. The molecule has 1 amide bonds. The summed E-state index contributed by atoms with van der Waals surface area (Å²) < 4.78 is 27.6. The summed E-state index contributed by atoms with van der Waals surface area (Å²) in [7, 11) is -2.07. The topological polar surface area (TPSA) is 66.5 Å². The number of rotatable bonds is 3. The van der Waals surface area contributed by atoms with Gasteiger partial charge in [0.25, 0.3) is 0 Å². The Bertz CT molecular complexity index is 645. The Morgan fingerprint density at radius 1 is 1.18 bits per heavy atom. The van der Waals surface area contributed by atoms with E-state index in [1.807, 2.05) is 0 Å². The van der Waals surface area contributed by atoms with E-state index in [9.17, 15) is 13.2 Å². The minimum atomic E-state index is -3.64. The van der Waals surface area contributed by atoms with Gasteiger partial charge < -0.3 is 5.32 Å². The van der Waals surface area contributed by atoms with Gasteiger partial charge in [-0.05, 0) is 37.3 Å². The second-order valence-electron chi connectivity index (χ2n) is 6.13. The molecule has 3 atom stereocenters. The number of hydrogen-bond acceptors (Lipinski definition) is 3. The lowest BCUT2D eigenvalue weighted by atomic mass is 9.85. The van der Waals surface area contributed by atoms with E-state index >= 15 is 0 Å². The van der Waals surface area contributed by atoms with Crippen LogP contribution in [0.15, 0.2) is 35.2 Å². The highest BCUT2D eigenvalue weighted by molar-refractivity contribution is 7.89. The van der Waals surface area contributed by atoms with E-state index in [1.54, 1.807) is 37.4 Å². The summed E-state index contributed by atoms with van der Waals surface area (Å²) >= 11 is 0. The summed E-state index contributed by atoms with van der Waals surface area (Å²) in [4.78, 5) is 12.5. The highest BCUT2D eigenvalue weighted by Gasteiger charge is 2.50. The van der Waals surface area contributed by atoms with Crippen molar-refractivity contribution in [3.05, 3.63) is 30.3 Å². The maximum absolute atomic E-state index is 13.1. The van der Waals surface area contributed by atoms with Gasteiger partial charge in [0, 0.05) is 13.1 Å². The zero-order chi connectivity index (χ0) is 15.7. The van der Waals surface area contributed by atoms with Crippen molar-refractivity contribution in [1.29, 1.82) is 0 Å². The van der Waals surface area contributed by atoms with Crippen molar-refractivity contribution in [3.63, 3.8) is 0 Å². The van der Waals surface area contributed by atoms with Gasteiger partial charge in [-0.25, -0.2) is 8.42 Å². The predicted octanol–water partition coefficient (Wildman–Crippen LogP) is 1.75. The molecular formula is C16H22N2O3S. The molecule has 0 radical (unpaired) electrons. The molecule has 0 spiro atoms. The standard InChI is InChI=1S/C16H22N2O3S/c1-17-16(19)15-11-12-7-5-6-10-14(12)18(15)22(20,21)13-8-3-2-4-9-13/h2-4,8-9,12,14-15H,5-7,10-11H2,1H3,(H,17,19). The first kappa shape index (κ1) is 15.5. The van der Waals surface area contributed by atoms with E-state index < -0.39 is 16.1 Å². The van der Waals surface area contributed by atoms with Crippen molar-refractivity contribution < 1.29 is 13.2 Å². The zero-order valence-corrected chi connectivity index (χ0v) is 13.6. The molecule has 120 valence electrons. The maximum atomic E-state index is 13.1. The fourth-order valence-corrected chi connectivity index (χ4v) is 5.76. The Labute approximate surface area is 131 Å². The van der Waals surface area contributed by atoms with Gasteiger partial charge in [-0.15, -0.1) is 0 Å². The molecule has 3 rings (SSSR count). The van der Waals surface area contributed by atoms with Crippen LogP contribution in [-0.2, 0) is 14.8 Å². The van der Waals surface area contributed by atoms with Gasteiger partial charge in [0.1, 0.15) is 6.04 Å². The molecule has 0 bridgehead atoms. The van der Waals surface area contributed by atoms with Crippen molar-refractivity contribution in [2.45, 2.75) is 49.1 Å². The van der Waals surface area contributed by atoms with E-state index in [0.29, 0.717) is 12.3 Å². The smallest absolute Gasteiger partial charge is 0.244 e. The van der Waals surface area contributed by atoms with Crippen LogP contribution < -0.4 is 5.32 Å². The van der Waals surface area contributed by atoms with Crippen LogP contribution in [0, 0.1) is 5.92 Å². The van der Waals surface area contributed by atoms with Gasteiger partial charge in [0.2, 0.25) is 15.9 Å². The molecule has 2 aliphatic rings. The Morgan fingerprint density at radius 3 is 2.55 bits per heavy atom. The largest absolute Gasteiger partial charge is 0.358 e. The maximum Gasteiger partial charge on any atom is 0.244 e. The predicted molar refractivity (Wildman–Crippen MR) is 83.7 cm³/mol. The van der Waals surface area contributed by atoms with Crippen molar-refractivity contribution >= 4 is 15.9 Å². The average Bonchev–Trinajstić information content (AvgIpc) is 2.95. The monoisotopic (exact) mass is 322 g/mol. The Hall–Kier alpha value is -1.40. The third-order valence-electron chi connectivity index (χ3n) is 4.90. The molecule has 6 heteroatoms. The number of benzene rings is 1. The minimum Gasteiger partial charge on any atom is -0.358 e. The van der Waals surface area contributed by atoms with Crippen LogP contribution in [0.25, 0.3) is 0 Å². The summed E-state index contributed by atoms with van der Waals surface area (Å²) in [6, 6.07) is 7.82. The van der Waals surface area contributed by atoms with Crippen molar-refractivity contribution in [2.75, 3.05) is 7.05 Å². The summed E-state index contributed by atoms with van der Waals surface area (Å²) in [5.41, 5.74) is 0. The highest BCUT2D eigenvalue weighted by atomic mass is 32.2. The van der Waals surface area contributed by atoms with Crippen LogP contribution in [0.4, 0.5) is 0 Å². The number of likely N-dealkylation sites (N-methyl/N-ethyl adjacent to an activating group) is 1. The number of hydrogen-bond donors (Lipinski definition) is 1. The number of carbonyl (C=O) groups excluding carboxylic acids is 1. The van der Waals surface area contributed by atoms with E-state index in [1.165, 1.54) is 4.31 Å². The first-order valence-electron chi connectivity index (χ1n) is 7.86. The normalized spacial score (nSPS) is 29.0. The summed E-state index contributed by atoms with van der Waals surface area (Å²) in [5, 5.41) is 2.63. The first-order chi connectivity index (χ1) is 10.6. The van der Waals surface area contributed by atoms with Crippen LogP contribution in [0.5, 0.6) is 0 Å². The molecule has 1 heterocycles. The lowest BCUT2D eigenvalue weighted by Crippen LogP contribution is -2.48. The van der Waals surface area contributed by atoms with Crippen LogP contribution in [0.3, 0.4) is 0 Å². The van der Waals surface area contributed by atoms with Gasteiger partial charge in [0.15, 0.2) is 0 Å². The van der Waals surface area contributed by atoms with Gasteiger partial charge in [-0.3, -0.25) is 4.79 Å². The molecule has 1 aromatic carbocycles. The Kier molecular flexibility index (Phi) is 4.23. The van der Waals surface area contributed by atoms with Crippen molar-refractivity contribution in [2.24, 2.45) is 5.92 Å². The van der Waals surface area contributed by atoms with Crippen LogP contribution in [-0.4, -0.2) is 37.8 Å². The zero-order valence-electron chi connectivity index (χ0n) is 12.7. The number of fused-ring (bicyclic) bond motifs is 1. The molecule has 1 aromatic rings. The summed E-state index contributed by atoms with van der Waals surface area (Å²) in [5.74, 6) is 0.100. The second-order valence-corrected chi connectivity index (χ2v) is 7.97. The first-order valence-corrected chi connectivity index (χ1v) is 9.30. The SMILES string of the molecule is CNC(=O)C1CC2CCCCC2N1S(=O)(=O)c1ccccc1. The molecule has 1 saturated heterocycles. The lowest BCUT2D eigenvalue weighted by Gasteiger charge is -2.32. The van der Waals surface area contributed by atoms with E-state index in [2.05, 4.69) is 5.32 Å². The molecule has 1 saturated carbocycles. The minimum absolute atomic E-state index is 0.0405. The number of sulfonamides is 1. The molecule has 1 N–H and O–H groups in total. The lowest BCUT2D eigenvalue weighted by molar-refractivity contribution is -0.123. The molecule has 5 nitrogen and oxygen atoms in total. The van der Waals surface area contributed by atoms with E-state index in [4.69, 9.17) is 0 Å². The summed E-state index contributed by atoms with van der Waals surface area (Å²) in [6.07, 6.45) is 4.66. The third-order valence-corrected chi connectivity index (χ3v) is 6.84. The second kappa shape index (κ2) is 6.01. The van der Waals surface area contributed by atoms with Crippen LogP contribution >= 0.6 is 0 Å². The van der Waals surface area contributed by atoms with Gasteiger partial charge >= 0.3 is 0 Å². The van der Waals surface area contributed by atoms with Gasteiger partial charge in [-0.2, -0.15) is 4.31 Å². The summed E-state index contributed by atoms with van der Waals surface area (Å²) in [6.45, 7) is 0. The average molecular weight is 322 g/mol.